The first-order chi connectivity index (χ1) is 9.22. The maximum Gasteiger partial charge on any atom is 0.140 e. The number of Topliss-reactive ketones (excluding diaryl/α,β-unsaturated/α-hetero) is 1. The molecule has 104 valence electrons. The lowest BCUT2D eigenvalue weighted by atomic mass is 10.0. The largest absolute Gasteiger partial charge is 0.327 e. The van der Waals surface area contributed by atoms with Crippen molar-refractivity contribution in [1.29, 1.82) is 0 Å². The number of ketones is 1. The fraction of sp³-hybridized carbons (Fsp3) is 0.733. The van der Waals surface area contributed by atoms with Crippen LogP contribution < -0.4 is 5.73 Å². The first-order valence-corrected chi connectivity index (χ1v) is 7.53. The summed E-state index contributed by atoms with van der Waals surface area (Å²) in [5.41, 5.74) is 6.89. The lowest BCUT2D eigenvalue weighted by Crippen LogP contribution is -2.26. The van der Waals surface area contributed by atoms with Crippen LogP contribution in [0.5, 0.6) is 0 Å². The maximum absolute atomic E-state index is 12.0. The molecule has 2 N–H and O–H groups in total. The minimum atomic E-state index is 0.0735. The molecule has 2 saturated carbocycles. The van der Waals surface area contributed by atoms with Crippen LogP contribution in [-0.4, -0.2) is 21.6 Å². The molecule has 0 radical (unpaired) electrons. The van der Waals surface area contributed by atoms with E-state index in [2.05, 4.69) is 9.78 Å². The maximum atomic E-state index is 12.0. The van der Waals surface area contributed by atoms with E-state index in [1.807, 2.05) is 12.3 Å². The van der Waals surface area contributed by atoms with Crippen LogP contribution in [0.3, 0.4) is 0 Å². The Kier molecular flexibility index (Phi) is 3.69. The monoisotopic (exact) mass is 261 g/mol. The van der Waals surface area contributed by atoms with E-state index in [1.54, 1.807) is 0 Å². The van der Waals surface area contributed by atoms with Crippen LogP contribution in [0, 0.1) is 5.92 Å². The number of carbonyl (C=O) groups excluding carboxylic acids is 1. The predicted molar refractivity (Wildman–Crippen MR) is 73.8 cm³/mol. The smallest absolute Gasteiger partial charge is 0.140 e. The summed E-state index contributed by atoms with van der Waals surface area (Å²) in [4.78, 5) is 12.0. The Morgan fingerprint density at radius 2 is 2.11 bits per heavy atom. The van der Waals surface area contributed by atoms with Gasteiger partial charge < -0.3 is 5.73 Å². The van der Waals surface area contributed by atoms with Crippen molar-refractivity contribution >= 4 is 5.78 Å². The van der Waals surface area contributed by atoms with Gasteiger partial charge in [0.2, 0.25) is 0 Å². The normalized spacial score (nSPS) is 21.7. The number of aromatic nitrogens is 2. The second kappa shape index (κ2) is 5.45. The van der Waals surface area contributed by atoms with Gasteiger partial charge in [0.15, 0.2) is 0 Å². The van der Waals surface area contributed by atoms with Crippen LogP contribution in [0.2, 0.25) is 0 Å². The van der Waals surface area contributed by atoms with E-state index in [0.29, 0.717) is 24.8 Å². The average molecular weight is 261 g/mol. The summed E-state index contributed by atoms with van der Waals surface area (Å²) in [5.74, 6) is 0.830. The van der Waals surface area contributed by atoms with E-state index >= 15 is 0 Å². The van der Waals surface area contributed by atoms with Gasteiger partial charge in [0, 0.05) is 18.7 Å². The molecule has 1 atom stereocenters. The van der Waals surface area contributed by atoms with E-state index in [0.717, 1.165) is 5.69 Å². The Bertz CT molecular complexity index is 444. The van der Waals surface area contributed by atoms with Crippen molar-refractivity contribution < 1.29 is 4.79 Å². The van der Waals surface area contributed by atoms with Gasteiger partial charge in [-0.3, -0.25) is 9.48 Å². The molecule has 0 amide bonds. The summed E-state index contributed by atoms with van der Waals surface area (Å²) in [5, 5.41) is 4.56. The van der Waals surface area contributed by atoms with Gasteiger partial charge in [0.1, 0.15) is 5.78 Å². The molecule has 2 aliphatic rings. The Morgan fingerprint density at radius 1 is 1.37 bits per heavy atom. The van der Waals surface area contributed by atoms with Gasteiger partial charge in [-0.15, -0.1) is 0 Å². The molecule has 4 nitrogen and oxygen atoms in total. The minimum absolute atomic E-state index is 0.0735. The number of carbonyl (C=O) groups is 1. The van der Waals surface area contributed by atoms with Crippen LogP contribution in [0.1, 0.15) is 56.7 Å². The minimum Gasteiger partial charge on any atom is -0.327 e. The van der Waals surface area contributed by atoms with Gasteiger partial charge in [-0.25, -0.2) is 0 Å². The lowest BCUT2D eigenvalue weighted by Gasteiger charge is -2.09. The molecule has 1 aromatic rings. The molecule has 2 fully saturated rings. The van der Waals surface area contributed by atoms with Gasteiger partial charge in [0.25, 0.3) is 0 Å². The van der Waals surface area contributed by atoms with Crippen molar-refractivity contribution in [3.63, 3.8) is 0 Å². The van der Waals surface area contributed by atoms with Gasteiger partial charge in [-0.1, -0.05) is 12.8 Å². The second-order valence-electron chi connectivity index (χ2n) is 6.15. The first-order valence-electron chi connectivity index (χ1n) is 7.53. The van der Waals surface area contributed by atoms with E-state index in [4.69, 9.17) is 5.73 Å². The molecule has 0 spiro atoms. The van der Waals surface area contributed by atoms with Crippen molar-refractivity contribution in [3.8, 4) is 0 Å². The summed E-state index contributed by atoms with van der Waals surface area (Å²) >= 11 is 0. The molecule has 0 saturated heterocycles. The highest BCUT2D eigenvalue weighted by molar-refractivity contribution is 5.81. The number of rotatable bonds is 6. The van der Waals surface area contributed by atoms with Crippen molar-refractivity contribution in [1.82, 2.24) is 9.78 Å². The van der Waals surface area contributed by atoms with Crippen LogP contribution in [0.15, 0.2) is 12.3 Å². The molecule has 2 aliphatic carbocycles. The number of hydrogen-bond acceptors (Lipinski definition) is 3. The van der Waals surface area contributed by atoms with Crippen LogP contribution in [0.25, 0.3) is 0 Å². The molecule has 0 bridgehead atoms. The fourth-order valence-electron chi connectivity index (χ4n) is 3.07. The summed E-state index contributed by atoms with van der Waals surface area (Å²) in [7, 11) is 0. The summed E-state index contributed by atoms with van der Waals surface area (Å²) < 4.78 is 2.05. The summed E-state index contributed by atoms with van der Waals surface area (Å²) in [6, 6.07) is 2.61. The molecule has 4 heteroatoms. The molecule has 3 rings (SSSR count). The molecule has 1 aromatic heterocycles. The quantitative estimate of drug-likeness (QED) is 0.854. The van der Waals surface area contributed by atoms with Crippen molar-refractivity contribution in [2.45, 2.75) is 63.5 Å². The van der Waals surface area contributed by atoms with Crippen LogP contribution in [0.4, 0.5) is 0 Å². The number of nitrogens with zero attached hydrogens (tertiary/aromatic N) is 2. The van der Waals surface area contributed by atoms with E-state index in [9.17, 15) is 4.79 Å². The highest BCUT2D eigenvalue weighted by atomic mass is 16.1. The van der Waals surface area contributed by atoms with Crippen LogP contribution in [-0.2, 0) is 11.2 Å². The highest BCUT2D eigenvalue weighted by Crippen LogP contribution is 2.33. The van der Waals surface area contributed by atoms with Crippen molar-refractivity contribution in [2.24, 2.45) is 11.7 Å². The number of nitrogens with two attached hydrogens (primary N) is 1. The summed E-state index contributed by atoms with van der Waals surface area (Å²) in [6.45, 7) is 0. The first kappa shape index (κ1) is 12.9. The summed E-state index contributed by atoms with van der Waals surface area (Å²) in [6.07, 6.45) is 10.4. The molecular formula is C15H23N3O. The lowest BCUT2D eigenvalue weighted by molar-refractivity contribution is -0.118. The van der Waals surface area contributed by atoms with Gasteiger partial charge in [-0.05, 0) is 37.7 Å². The fourth-order valence-corrected chi connectivity index (χ4v) is 3.07. The SMILES string of the molecule is NC(CC(=O)Cc1ccn(C2CCCC2)n1)C1CC1. The zero-order chi connectivity index (χ0) is 13.2. The molecule has 0 aromatic carbocycles. The van der Waals surface area contributed by atoms with E-state index < -0.39 is 0 Å². The Morgan fingerprint density at radius 3 is 2.79 bits per heavy atom. The van der Waals surface area contributed by atoms with Crippen molar-refractivity contribution in [3.05, 3.63) is 18.0 Å². The van der Waals surface area contributed by atoms with Crippen LogP contribution >= 0.6 is 0 Å². The highest BCUT2D eigenvalue weighted by Gasteiger charge is 2.29. The third-order valence-corrected chi connectivity index (χ3v) is 4.43. The molecular weight excluding hydrogens is 238 g/mol. The average Bonchev–Trinajstić information content (AvgIpc) is 2.89. The van der Waals surface area contributed by atoms with Gasteiger partial charge in [0.05, 0.1) is 18.2 Å². The predicted octanol–water partition coefficient (Wildman–Crippen LogP) is 2.24. The Hall–Kier alpha value is -1.16. The molecule has 19 heavy (non-hydrogen) atoms. The van der Waals surface area contributed by atoms with Gasteiger partial charge in [-0.2, -0.15) is 5.10 Å². The topological polar surface area (TPSA) is 60.9 Å². The van der Waals surface area contributed by atoms with Crippen molar-refractivity contribution in [2.75, 3.05) is 0 Å². The molecule has 0 aliphatic heterocycles. The van der Waals surface area contributed by atoms with Gasteiger partial charge >= 0.3 is 0 Å². The zero-order valence-corrected chi connectivity index (χ0v) is 11.4. The molecule has 1 heterocycles. The zero-order valence-electron chi connectivity index (χ0n) is 11.4. The Labute approximate surface area is 114 Å². The van der Waals surface area contributed by atoms with E-state index in [1.165, 1.54) is 38.5 Å². The number of hydrogen-bond donors (Lipinski definition) is 1. The molecule has 1 unspecified atom stereocenters. The Balaban J connectivity index is 1.52. The second-order valence-corrected chi connectivity index (χ2v) is 6.15. The van der Waals surface area contributed by atoms with E-state index in [-0.39, 0.29) is 11.8 Å². The standard InChI is InChI=1S/C15H23N3O/c16-15(11-5-6-11)10-14(19)9-12-7-8-18(17-12)13-3-1-2-4-13/h7-8,11,13,15H,1-6,9-10,16H2. The third kappa shape index (κ3) is 3.24. The third-order valence-electron chi connectivity index (χ3n) is 4.43.